The first-order valence-corrected chi connectivity index (χ1v) is 13.0. The summed E-state index contributed by atoms with van der Waals surface area (Å²) in [6, 6.07) is 0. The minimum Gasteiger partial charge on any atom is -0.481 e. The lowest BCUT2D eigenvalue weighted by Crippen LogP contribution is -2.32. The number of rotatable bonds is 18. The van der Waals surface area contributed by atoms with Gasteiger partial charge in [0.15, 0.2) is 0 Å². The van der Waals surface area contributed by atoms with Crippen molar-refractivity contribution in [1.82, 2.24) is 5.32 Å². The number of carboxylic acids is 1. The molecule has 0 spiro atoms. The zero-order valence-corrected chi connectivity index (χ0v) is 22.2. The van der Waals surface area contributed by atoms with Crippen LogP contribution in [-0.2, 0) is 9.59 Å². The minimum absolute atomic E-state index is 0.0236. The molecule has 2 N–H and O–H groups in total. The first kappa shape index (κ1) is 31.0. The first-order valence-electron chi connectivity index (χ1n) is 12.1. The summed E-state index contributed by atoms with van der Waals surface area (Å²) in [6.45, 7) is 11.2. The molecule has 0 saturated heterocycles. The predicted octanol–water partition coefficient (Wildman–Crippen LogP) is 7.34. The molecule has 0 aliphatic carbocycles. The molecule has 32 heavy (non-hydrogen) atoms. The number of nitrogens with one attached hydrogen (secondary N) is 1. The maximum atomic E-state index is 12.2. The molecule has 4 atom stereocenters. The highest BCUT2D eigenvalue weighted by Gasteiger charge is 2.29. The van der Waals surface area contributed by atoms with Crippen LogP contribution in [0.2, 0.25) is 0 Å². The van der Waals surface area contributed by atoms with E-state index in [1.54, 1.807) is 0 Å². The van der Waals surface area contributed by atoms with Gasteiger partial charge >= 0.3 is 5.97 Å². The molecule has 0 aromatic heterocycles. The van der Waals surface area contributed by atoms with Crippen LogP contribution in [0, 0.1) is 17.3 Å². The van der Waals surface area contributed by atoms with Crippen molar-refractivity contribution in [1.29, 1.82) is 0 Å². The van der Waals surface area contributed by atoms with E-state index in [2.05, 4.69) is 38.2 Å². The fourth-order valence-electron chi connectivity index (χ4n) is 3.41. The highest BCUT2D eigenvalue weighted by Crippen LogP contribution is 2.29. The van der Waals surface area contributed by atoms with Crippen LogP contribution >= 0.6 is 23.2 Å². The minimum atomic E-state index is -0.951. The highest BCUT2D eigenvalue weighted by atomic mass is 35.5. The van der Waals surface area contributed by atoms with E-state index in [1.807, 2.05) is 26.0 Å². The fourth-order valence-corrected chi connectivity index (χ4v) is 3.91. The Labute approximate surface area is 206 Å². The van der Waals surface area contributed by atoms with Gasteiger partial charge in [-0.25, -0.2) is 0 Å². The van der Waals surface area contributed by atoms with Crippen LogP contribution in [-0.4, -0.2) is 34.3 Å². The molecule has 4 nitrogen and oxygen atoms in total. The Bertz CT molecular complexity index is 590. The quantitative estimate of drug-likeness (QED) is 0.120. The zero-order valence-electron chi connectivity index (χ0n) is 20.7. The smallest absolute Gasteiger partial charge is 0.307 e. The van der Waals surface area contributed by atoms with Gasteiger partial charge in [-0.1, -0.05) is 64.8 Å². The topological polar surface area (TPSA) is 66.4 Å². The molecule has 0 heterocycles. The van der Waals surface area contributed by atoms with Crippen molar-refractivity contribution < 1.29 is 14.7 Å². The van der Waals surface area contributed by atoms with Gasteiger partial charge in [-0.15, -0.1) is 23.2 Å². The Hall–Kier alpha value is -1.00. The van der Waals surface area contributed by atoms with Crippen LogP contribution in [0.5, 0.6) is 0 Å². The molecule has 0 aromatic carbocycles. The lowest BCUT2D eigenvalue weighted by molar-refractivity contribution is -0.145. The number of unbranched alkanes of at least 4 members (excludes halogenated alkanes) is 1. The van der Waals surface area contributed by atoms with Crippen LogP contribution in [0.3, 0.4) is 0 Å². The molecule has 0 aliphatic heterocycles. The molecule has 186 valence electrons. The molecule has 0 saturated carbocycles. The first-order chi connectivity index (χ1) is 15.1. The van der Waals surface area contributed by atoms with E-state index in [9.17, 15) is 14.7 Å². The van der Waals surface area contributed by atoms with Gasteiger partial charge in [-0.2, -0.15) is 0 Å². The van der Waals surface area contributed by atoms with Crippen molar-refractivity contribution in [2.24, 2.45) is 17.3 Å². The highest BCUT2D eigenvalue weighted by molar-refractivity contribution is 6.29. The third kappa shape index (κ3) is 14.2. The summed E-state index contributed by atoms with van der Waals surface area (Å²) in [6.07, 6.45) is 15.0. The van der Waals surface area contributed by atoms with Gasteiger partial charge in [0.1, 0.15) is 0 Å². The zero-order chi connectivity index (χ0) is 24.6. The fraction of sp³-hybridized carbons (Fsp3) is 0.769. The molecule has 0 fully saturated rings. The molecule has 0 radical (unpaired) electrons. The maximum absolute atomic E-state index is 12.2. The number of alkyl halides is 2. The molecule has 1 amide bonds. The van der Waals surface area contributed by atoms with Crippen molar-refractivity contribution in [3.63, 3.8) is 0 Å². The molecular weight excluding hydrogens is 445 g/mol. The van der Waals surface area contributed by atoms with E-state index in [-0.39, 0.29) is 29.0 Å². The average Bonchev–Trinajstić information content (AvgIpc) is 2.74. The Morgan fingerprint density at radius 3 is 2.28 bits per heavy atom. The van der Waals surface area contributed by atoms with Crippen molar-refractivity contribution in [2.45, 2.75) is 103 Å². The summed E-state index contributed by atoms with van der Waals surface area (Å²) in [7, 11) is 0. The van der Waals surface area contributed by atoms with Crippen molar-refractivity contribution in [3.8, 4) is 0 Å². The van der Waals surface area contributed by atoms with Gasteiger partial charge < -0.3 is 10.4 Å². The van der Waals surface area contributed by atoms with E-state index in [4.69, 9.17) is 23.2 Å². The monoisotopic (exact) mass is 489 g/mol. The summed E-state index contributed by atoms with van der Waals surface area (Å²) in [5.41, 5.74) is 0.321. The standard InChI is InChI=1S/C26H45Cl2NO3/c1-6-9-18-29-24(30)19-21(25(31)32)20(13-7-2)15-16-23(28)22(27)14-11-10-12-17-26(4,5)8-3/h7,10,12-13,20-23H,6,8-9,11,14-19H2,1-5H3,(H,29,30)(H,31,32)/b12-10+,13-7+. The van der Waals surface area contributed by atoms with Crippen molar-refractivity contribution in [3.05, 3.63) is 24.3 Å². The molecule has 0 rings (SSSR count). The molecule has 0 aliphatic rings. The largest absolute Gasteiger partial charge is 0.481 e. The maximum Gasteiger partial charge on any atom is 0.307 e. The second-order valence-corrected chi connectivity index (χ2v) is 10.5. The van der Waals surface area contributed by atoms with Gasteiger partial charge in [-0.3, -0.25) is 9.59 Å². The summed E-state index contributed by atoms with van der Waals surface area (Å²) in [5, 5.41) is 12.1. The lowest BCUT2D eigenvalue weighted by atomic mass is 9.84. The van der Waals surface area contributed by atoms with E-state index >= 15 is 0 Å². The second kappa shape index (κ2) is 17.5. The second-order valence-electron chi connectivity index (χ2n) is 9.42. The Morgan fingerprint density at radius 2 is 1.72 bits per heavy atom. The number of hydrogen-bond donors (Lipinski definition) is 2. The van der Waals surface area contributed by atoms with Crippen molar-refractivity contribution >= 4 is 35.1 Å². The number of amides is 1. The van der Waals surface area contributed by atoms with E-state index in [0.717, 1.165) is 38.5 Å². The van der Waals surface area contributed by atoms with E-state index < -0.39 is 11.9 Å². The van der Waals surface area contributed by atoms with Crippen LogP contribution in [0.4, 0.5) is 0 Å². The summed E-state index contributed by atoms with van der Waals surface area (Å²) < 4.78 is 0. The summed E-state index contributed by atoms with van der Waals surface area (Å²) >= 11 is 13.1. The average molecular weight is 491 g/mol. The summed E-state index contributed by atoms with van der Waals surface area (Å²) in [4.78, 5) is 24.1. The SMILES string of the molecule is C/C=C/C(CCC(Cl)C(Cl)CC/C=C/CC(C)(C)CC)C(CC(=O)NCCCC)C(=O)O. The number of carboxylic acid groups (broad SMARTS) is 1. The summed E-state index contributed by atoms with van der Waals surface area (Å²) in [5.74, 6) is -2.19. The van der Waals surface area contributed by atoms with Crippen LogP contribution < -0.4 is 5.32 Å². The number of carbonyl (C=O) groups excluding carboxylic acids is 1. The van der Waals surface area contributed by atoms with E-state index in [0.29, 0.717) is 24.8 Å². The third-order valence-corrected chi connectivity index (χ3v) is 7.28. The Balaban J connectivity index is 4.70. The molecule has 6 heteroatoms. The Morgan fingerprint density at radius 1 is 1.06 bits per heavy atom. The number of aliphatic carboxylic acids is 1. The normalized spacial score (nSPS) is 16.2. The molecule has 0 bridgehead atoms. The third-order valence-electron chi connectivity index (χ3n) is 6.10. The van der Waals surface area contributed by atoms with Crippen LogP contribution in [0.1, 0.15) is 92.4 Å². The van der Waals surface area contributed by atoms with Gasteiger partial charge in [0, 0.05) is 18.3 Å². The van der Waals surface area contributed by atoms with Gasteiger partial charge in [0.05, 0.1) is 11.3 Å². The Kier molecular flexibility index (Phi) is 16.9. The number of carbonyl (C=O) groups is 2. The number of allylic oxidation sites excluding steroid dienone is 4. The van der Waals surface area contributed by atoms with Crippen LogP contribution in [0.15, 0.2) is 24.3 Å². The van der Waals surface area contributed by atoms with Crippen LogP contribution in [0.25, 0.3) is 0 Å². The predicted molar refractivity (Wildman–Crippen MR) is 138 cm³/mol. The molecule has 0 aromatic rings. The van der Waals surface area contributed by atoms with Crippen molar-refractivity contribution in [2.75, 3.05) is 6.54 Å². The molecule has 4 unspecified atom stereocenters. The lowest BCUT2D eigenvalue weighted by Gasteiger charge is -2.23. The number of hydrogen-bond acceptors (Lipinski definition) is 2. The molecular formula is C26H45Cl2NO3. The number of halogens is 2. The van der Waals surface area contributed by atoms with Gasteiger partial charge in [-0.05, 0) is 56.8 Å². The van der Waals surface area contributed by atoms with E-state index in [1.165, 1.54) is 0 Å². The van der Waals surface area contributed by atoms with Gasteiger partial charge in [0.25, 0.3) is 0 Å². The van der Waals surface area contributed by atoms with Gasteiger partial charge in [0.2, 0.25) is 5.91 Å².